The van der Waals surface area contributed by atoms with Crippen molar-refractivity contribution < 1.29 is 9.53 Å². The second kappa shape index (κ2) is 9.45. The van der Waals surface area contributed by atoms with Gasteiger partial charge in [0, 0.05) is 24.9 Å². The molecule has 0 bridgehead atoms. The molecular formula is C25H32N2O2. The van der Waals surface area contributed by atoms with Crippen LogP contribution < -0.4 is 10.1 Å². The third-order valence-corrected chi connectivity index (χ3v) is 6.55. The molecule has 0 saturated carbocycles. The van der Waals surface area contributed by atoms with Crippen molar-refractivity contribution in [3.8, 4) is 5.75 Å². The molecule has 0 aromatic heterocycles. The van der Waals surface area contributed by atoms with Gasteiger partial charge in [0.15, 0.2) is 0 Å². The SMILES string of the molecule is COc1ccc(CCC(=O)N2CCCC[C@H]3NCC[C@H](c4ccccc4)[C@H]32)cc1. The summed E-state index contributed by atoms with van der Waals surface area (Å²) in [6.07, 6.45) is 5.89. The Balaban J connectivity index is 1.50. The molecule has 0 radical (unpaired) electrons. The number of benzene rings is 2. The van der Waals surface area contributed by atoms with Crippen molar-refractivity contribution >= 4 is 5.91 Å². The Morgan fingerprint density at radius 2 is 1.86 bits per heavy atom. The molecule has 2 aromatic carbocycles. The first-order chi connectivity index (χ1) is 14.3. The number of methoxy groups -OCH3 is 1. The fourth-order valence-electron chi connectivity index (χ4n) is 5.04. The summed E-state index contributed by atoms with van der Waals surface area (Å²) in [5.74, 6) is 1.57. The monoisotopic (exact) mass is 392 g/mol. The Morgan fingerprint density at radius 1 is 1.07 bits per heavy atom. The average Bonchev–Trinajstić information content (AvgIpc) is 3.01. The highest BCUT2D eigenvalue weighted by Crippen LogP contribution is 2.35. The smallest absolute Gasteiger partial charge is 0.223 e. The highest BCUT2D eigenvalue weighted by atomic mass is 16.5. The van der Waals surface area contributed by atoms with Gasteiger partial charge in [0.05, 0.1) is 13.2 Å². The van der Waals surface area contributed by atoms with E-state index in [9.17, 15) is 4.79 Å². The lowest BCUT2D eigenvalue weighted by Crippen LogP contribution is -2.57. The lowest BCUT2D eigenvalue weighted by Gasteiger charge is -2.44. The van der Waals surface area contributed by atoms with Crippen molar-refractivity contribution in [2.24, 2.45) is 0 Å². The molecule has 3 atom stereocenters. The second-order valence-corrected chi connectivity index (χ2v) is 8.29. The molecule has 2 heterocycles. The molecule has 2 aliphatic rings. The molecule has 2 saturated heterocycles. The van der Waals surface area contributed by atoms with E-state index in [1.54, 1.807) is 7.11 Å². The molecule has 4 heteroatoms. The quantitative estimate of drug-likeness (QED) is 0.831. The van der Waals surface area contributed by atoms with Crippen molar-refractivity contribution in [1.29, 1.82) is 0 Å². The maximum atomic E-state index is 13.4. The van der Waals surface area contributed by atoms with Crippen molar-refractivity contribution in [1.82, 2.24) is 10.2 Å². The molecule has 2 aliphatic heterocycles. The van der Waals surface area contributed by atoms with Crippen LogP contribution in [-0.4, -0.2) is 43.1 Å². The maximum Gasteiger partial charge on any atom is 0.223 e. The van der Waals surface area contributed by atoms with Crippen LogP contribution in [0, 0.1) is 0 Å². The predicted molar refractivity (Wildman–Crippen MR) is 116 cm³/mol. The molecule has 0 aliphatic carbocycles. The topological polar surface area (TPSA) is 41.6 Å². The van der Waals surface area contributed by atoms with E-state index >= 15 is 0 Å². The maximum absolute atomic E-state index is 13.4. The standard InChI is InChI=1S/C25H32N2O2/c1-29-21-13-10-19(11-14-21)12-15-24(28)27-18-6-5-9-23-25(27)22(16-17-26-23)20-7-3-2-4-8-20/h2-4,7-8,10-11,13-14,22-23,25-26H,5-6,9,12,15-18H2,1H3/t22-,23-,25-/m1/s1. The Morgan fingerprint density at radius 3 is 2.62 bits per heavy atom. The third kappa shape index (κ3) is 4.64. The Labute approximate surface area is 174 Å². The zero-order valence-corrected chi connectivity index (χ0v) is 17.3. The van der Waals surface area contributed by atoms with Gasteiger partial charge in [-0.25, -0.2) is 0 Å². The van der Waals surface area contributed by atoms with Gasteiger partial charge in [0.1, 0.15) is 5.75 Å². The molecule has 154 valence electrons. The summed E-state index contributed by atoms with van der Waals surface area (Å²) >= 11 is 0. The molecule has 4 rings (SSSR count). The molecule has 4 nitrogen and oxygen atoms in total. The van der Waals surface area contributed by atoms with Gasteiger partial charge in [0.2, 0.25) is 5.91 Å². The first kappa shape index (κ1) is 20.0. The summed E-state index contributed by atoms with van der Waals surface area (Å²) in [7, 11) is 1.68. The molecule has 0 spiro atoms. The fourth-order valence-corrected chi connectivity index (χ4v) is 5.04. The number of fused-ring (bicyclic) bond motifs is 1. The summed E-state index contributed by atoms with van der Waals surface area (Å²) < 4.78 is 5.23. The lowest BCUT2D eigenvalue weighted by atomic mass is 9.80. The van der Waals surface area contributed by atoms with E-state index in [0.717, 1.165) is 44.5 Å². The van der Waals surface area contributed by atoms with Gasteiger partial charge < -0.3 is 15.0 Å². The number of hydrogen-bond donors (Lipinski definition) is 1. The van der Waals surface area contributed by atoms with Gasteiger partial charge in [-0.05, 0) is 55.5 Å². The van der Waals surface area contributed by atoms with Gasteiger partial charge in [-0.2, -0.15) is 0 Å². The largest absolute Gasteiger partial charge is 0.497 e. The summed E-state index contributed by atoms with van der Waals surface area (Å²) in [5.41, 5.74) is 2.56. The molecule has 0 unspecified atom stereocenters. The third-order valence-electron chi connectivity index (χ3n) is 6.55. The van der Waals surface area contributed by atoms with Gasteiger partial charge in [0.25, 0.3) is 0 Å². The molecule has 2 aromatic rings. The van der Waals surface area contributed by atoms with Crippen LogP contribution in [0.3, 0.4) is 0 Å². The number of aryl methyl sites for hydroxylation is 1. The van der Waals surface area contributed by atoms with Gasteiger partial charge in [-0.1, -0.05) is 48.9 Å². The first-order valence-corrected chi connectivity index (χ1v) is 11.0. The van der Waals surface area contributed by atoms with Crippen LogP contribution in [0.4, 0.5) is 0 Å². The normalized spacial score (nSPS) is 24.4. The van der Waals surface area contributed by atoms with Crippen LogP contribution in [0.15, 0.2) is 54.6 Å². The van der Waals surface area contributed by atoms with E-state index in [1.165, 1.54) is 17.5 Å². The first-order valence-electron chi connectivity index (χ1n) is 11.0. The van der Waals surface area contributed by atoms with Crippen LogP contribution in [0.5, 0.6) is 5.75 Å². The number of carbonyl (C=O) groups is 1. The number of nitrogens with zero attached hydrogens (tertiary/aromatic N) is 1. The number of ether oxygens (including phenoxy) is 1. The number of likely N-dealkylation sites (tertiary alicyclic amines) is 1. The van der Waals surface area contributed by atoms with E-state index in [1.807, 2.05) is 12.1 Å². The van der Waals surface area contributed by atoms with E-state index in [-0.39, 0.29) is 6.04 Å². The number of hydrogen-bond acceptors (Lipinski definition) is 3. The minimum Gasteiger partial charge on any atom is -0.497 e. The van der Waals surface area contributed by atoms with E-state index in [4.69, 9.17) is 4.74 Å². The molecule has 2 fully saturated rings. The summed E-state index contributed by atoms with van der Waals surface area (Å²) in [4.78, 5) is 15.6. The van der Waals surface area contributed by atoms with Crippen LogP contribution in [0.2, 0.25) is 0 Å². The van der Waals surface area contributed by atoms with E-state index < -0.39 is 0 Å². The number of nitrogens with one attached hydrogen (secondary N) is 1. The molecule has 1 amide bonds. The Kier molecular flexibility index (Phi) is 6.50. The van der Waals surface area contributed by atoms with E-state index in [0.29, 0.717) is 24.3 Å². The zero-order chi connectivity index (χ0) is 20.1. The van der Waals surface area contributed by atoms with Crippen LogP contribution in [-0.2, 0) is 11.2 Å². The summed E-state index contributed by atoms with van der Waals surface area (Å²) in [6.45, 7) is 1.92. The van der Waals surface area contributed by atoms with Gasteiger partial charge in [-0.15, -0.1) is 0 Å². The molecule has 1 N–H and O–H groups in total. The van der Waals surface area contributed by atoms with Crippen LogP contribution in [0.25, 0.3) is 0 Å². The number of rotatable bonds is 5. The van der Waals surface area contributed by atoms with E-state index in [2.05, 4.69) is 52.7 Å². The average molecular weight is 393 g/mol. The van der Waals surface area contributed by atoms with Crippen molar-refractivity contribution in [2.75, 3.05) is 20.2 Å². The number of amides is 1. The second-order valence-electron chi connectivity index (χ2n) is 8.29. The highest BCUT2D eigenvalue weighted by Gasteiger charge is 2.40. The van der Waals surface area contributed by atoms with Crippen molar-refractivity contribution in [2.45, 2.75) is 56.5 Å². The van der Waals surface area contributed by atoms with Crippen LogP contribution >= 0.6 is 0 Å². The van der Waals surface area contributed by atoms with Crippen LogP contribution in [0.1, 0.15) is 49.1 Å². The minimum atomic E-state index is 0.261. The van der Waals surface area contributed by atoms with Gasteiger partial charge in [-0.3, -0.25) is 4.79 Å². The molecule has 29 heavy (non-hydrogen) atoms. The lowest BCUT2D eigenvalue weighted by molar-refractivity contribution is -0.135. The summed E-state index contributed by atoms with van der Waals surface area (Å²) in [5, 5.41) is 3.72. The summed E-state index contributed by atoms with van der Waals surface area (Å²) in [6, 6.07) is 19.5. The molecular weight excluding hydrogens is 360 g/mol. The number of piperidine rings is 1. The highest BCUT2D eigenvalue weighted by molar-refractivity contribution is 5.77. The fraction of sp³-hybridized carbons (Fsp3) is 0.480. The van der Waals surface area contributed by atoms with Gasteiger partial charge >= 0.3 is 0 Å². The van der Waals surface area contributed by atoms with Crippen molar-refractivity contribution in [3.63, 3.8) is 0 Å². The Hall–Kier alpha value is -2.33. The predicted octanol–water partition coefficient (Wildman–Crippen LogP) is 4.15. The zero-order valence-electron chi connectivity index (χ0n) is 17.3. The van der Waals surface area contributed by atoms with Crippen molar-refractivity contribution in [3.05, 3.63) is 65.7 Å². The minimum absolute atomic E-state index is 0.261. The Bertz CT molecular complexity index is 790. The number of carbonyl (C=O) groups excluding carboxylic acids is 1.